The Balaban J connectivity index is 1.05. The minimum absolute atomic E-state index is 0.868. The van der Waals surface area contributed by atoms with Gasteiger partial charge in [-0.05, 0) is 108 Å². The predicted octanol–water partition coefficient (Wildman–Crippen LogP) is 14.8. The van der Waals surface area contributed by atoms with Crippen molar-refractivity contribution in [2.45, 2.75) is 0 Å². The SMILES string of the molecule is c1ccc(N(c2cccc3c2[Si](c2ccccc2)(c2ccccc2)c2ccccc2-3)c2ccc3ccc4c(N(c5ccccc5)c5cccc6c5oc5ccccc56)ccc5ccc2c3c54)cc1. The lowest BCUT2D eigenvalue weighted by atomic mass is 9.91. The highest BCUT2D eigenvalue weighted by Crippen LogP contribution is 2.49. The predicted molar refractivity (Wildman–Crippen MR) is 289 cm³/mol. The maximum atomic E-state index is 6.74. The molecule has 2 heterocycles. The van der Waals surface area contributed by atoms with Crippen molar-refractivity contribution in [3.05, 3.63) is 255 Å². The van der Waals surface area contributed by atoms with Crippen molar-refractivity contribution in [3.8, 4) is 11.1 Å². The Morgan fingerprint density at radius 2 is 0.779 bits per heavy atom. The molecule has 1 aromatic heterocycles. The van der Waals surface area contributed by atoms with E-state index in [2.05, 4.69) is 259 Å². The molecule has 4 heteroatoms. The van der Waals surface area contributed by atoms with Gasteiger partial charge in [0.2, 0.25) is 0 Å². The first-order valence-corrected chi connectivity index (χ1v) is 25.4. The lowest BCUT2D eigenvalue weighted by molar-refractivity contribution is 0.669. The first-order valence-electron chi connectivity index (χ1n) is 23.4. The molecule has 3 nitrogen and oxygen atoms in total. The van der Waals surface area contributed by atoms with E-state index in [9.17, 15) is 0 Å². The van der Waals surface area contributed by atoms with Crippen molar-refractivity contribution in [3.63, 3.8) is 0 Å². The third-order valence-electron chi connectivity index (χ3n) is 14.4. The highest BCUT2D eigenvalue weighted by Gasteiger charge is 2.50. The van der Waals surface area contributed by atoms with Crippen LogP contribution in [-0.4, -0.2) is 8.07 Å². The average molecular weight is 883 g/mol. The molecule has 1 aliphatic heterocycles. The summed E-state index contributed by atoms with van der Waals surface area (Å²) in [6, 6.07) is 94.0. The largest absolute Gasteiger partial charge is 0.454 e. The summed E-state index contributed by atoms with van der Waals surface area (Å²) in [5, 5.41) is 15.1. The summed E-state index contributed by atoms with van der Waals surface area (Å²) < 4.78 is 6.74. The summed E-state index contributed by atoms with van der Waals surface area (Å²) in [4.78, 5) is 4.94. The van der Waals surface area contributed by atoms with Crippen molar-refractivity contribution < 1.29 is 4.42 Å². The quantitative estimate of drug-likeness (QED) is 0.112. The molecule has 0 unspecified atom stereocenters. The molecule has 0 amide bonds. The summed E-state index contributed by atoms with van der Waals surface area (Å²) >= 11 is 0. The molecule has 0 N–H and O–H groups in total. The second-order valence-corrected chi connectivity index (χ2v) is 21.6. The van der Waals surface area contributed by atoms with Gasteiger partial charge in [0.25, 0.3) is 0 Å². The Kier molecular flexibility index (Phi) is 8.60. The fourth-order valence-electron chi connectivity index (χ4n) is 11.7. The van der Waals surface area contributed by atoms with Crippen molar-refractivity contribution >= 4 is 117 Å². The zero-order valence-electron chi connectivity index (χ0n) is 37.1. The smallest absolute Gasteiger partial charge is 0.183 e. The molecular formula is C64H42N2OSi. The third-order valence-corrected chi connectivity index (χ3v) is 19.4. The van der Waals surface area contributed by atoms with E-state index in [0.29, 0.717) is 0 Å². The summed E-state index contributed by atoms with van der Waals surface area (Å²) in [6.07, 6.45) is 0. The van der Waals surface area contributed by atoms with E-state index < -0.39 is 8.07 Å². The average Bonchev–Trinajstić information content (AvgIpc) is 3.95. The lowest BCUT2D eigenvalue weighted by Crippen LogP contribution is -2.73. The van der Waals surface area contributed by atoms with Gasteiger partial charge < -0.3 is 14.2 Å². The molecule has 0 radical (unpaired) electrons. The summed E-state index contributed by atoms with van der Waals surface area (Å²) in [5.74, 6) is 0. The van der Waals surface area contributed by atoms with Gasteiger partial charge in [0.15, 0.2) is 13.7 Å². The summed E-state index contributed by atoms with van der Waals surface area (Å²) in [7, 11) is -2.90. The van der Waals surface area contributed by atoms with Crippen LogP contribution in [0.15, 0.2) is 259 Å². The number of nitrogens with zero attached hydrogens (tertiary/aromatic N) is 2. The van der Waals surface area contributed by atoms with Crippen molar-refractivity contribution in [1.29, 1.82) is 0 Å². The maximum absolute atomic E-state index is 6.74. The maximum Gasteiger partial charge on any atom is 0.183 e. The number of anilines is 6. The fraction of sp³-hybridized carbons (Fsp3) is 0. The van der Waals surface area contributed by atoms with Crippen LogP contribution in [0, 0.1) is 0 Å². The minimum atomic E-state index is -2.90. The van der Waals surface area contributed by atoms with E-state index in [1.165, 1.54) is 69.9 Å². The van der Waals surface area contributed by atoms with Crippen LogP contribution >= 0.6 is 0 Å². The van der Waals surface area contributed by atoms with Gasteiger partial charge in [-0.2, -0.15) is 0 Å². The molecule has 13 aromatic rings. The zero-order valence-corrected chi connectivity index (χ0v) is 38.1. The van der Waals surface area contributed by atoms with Crippen LogP contribution in [0.1, 0.15) is 0 Å². The number of rotatable bonds is 8. The van der Waals surface area contributed by atoms with Gasteiger partial charge in [-0.25, -0.2) is 0 Å². The molecule has 0 spiro atoms. The van der Waals surface area contributed by atoms with E-state index in [4.69, 9.17) is 4.42 Å². The van der Waals surface area contributed by atoms with Gasteiger partial charge in [0, 0.05) is 38.6 Å². The molecule has 0 bridgehead atoms. The third kappa shape index (κ3) is 5.52. The molecule has 0 atom stereocenters. The fourth-order valence-corrected chi connectivity index (χ4v) is 17.1. The van der Waals surface area contributed by atoms with E-state index in [1.807, 2.05) is 6.07 Å². The molecule has 0 aliphatic carbocycles. The topological polar surface area (TPSA) is 19.6 Å². The second kappa shape index (κ2) is 15.2. The Morgan fingerprint density at radius 1 is 0.309 bits per heavy atom. The van der Waals surface area contributed by atoms with Crippen LogP contribution in [0.3, 0.4) is 0 Å². The Bertz CT molecular complexity index is 4000. The highest BCUT2D eigenvalue weighted by atomic mass is 28.3. The number of hydrogen-bond donors (Lipinski definition) is 0. The monoisotopic (exact) mass is 882 g/mol. The molecule has 318 valence electrons. The lowest BCUT2D eigenvalue weighted by Gasteiger charge is -2.36. The molecule has 0 fully saturated rings. The first kappa shape index (κ1) is 38.6. The van der Waals surface area contributed by atoms with Gasteiger partial charge >= 0.3 is 0 Å². The molecule has 1 aliphatic rings. The van der Waals surface area contributed by atoms with E-state index in [1.54, 1.807) is 0 Å². The number of benzene rings is 12. The van der Waals surface area contributed by atoms with Crippen LogP contribution in [0.25, 0.3) is 65.4 Å². The molecule has 14 rings (SSSR count). The van der Waals surface area contributed by atoms with Gasteiger partial charge in [0.05, 0.1) is 17.1 Å². The normalized spacial score (nSPS) is 12.8. The Hall–Kier alpha value is -8.70. The Labute approximate surface area is 395 Å². The van der Waals surface area contributed by atoms with Crippen LogP contribution in [0.2, 0.25) is 0 Å². The molecule has 12 aromatic carbocycles. The number of para-hydroxylation sites is 4. The number of fused-ring (bicyclic) bond motifs is 6. The number of hydrogen-bond acceptors (Lipinski definition) is 3. The standard InChI is InChI=1S/C64H42N2OSi/c1-5-19-45(20-6-1)65(57-31-17-29-51-49-27-13-15-33-59(49)67-63(51)57)55-41-37-43-36-40-54-56(42-38-44-35-39-53(55)61(43)62(44)54)66(46-21-7-2-8-22-46)58-32-18-30-52-50-28-14-16-34-60(50)68(64(52)58,47-23-9-3-10-24-47)48-25-11-4-12-26-48/h1-42H. The van der Waals surface area contributed by atoms with Crippen molar-refractivity contribution in [2.24, 2.45) is 0 Å². The summed E-state index contributed by atoms with van der Waals surface area (Å²) in [6.45, 7) is 0. The van der Waals surface area contributed by atoms with Crippen LogP contribution in [-0.2, 0) is 0 Å². The van der Waals surface area contributed by atoms with E-state index in [-0.39, 0.29) is 0 Å². The molecule has 0 saturated carbocycles. The summed E-state index contributed by atoms with van der Waals surface area (Å²) in [5.41, 5.74) is 11.0. The number of furan rings is 1. The molecule has 0 saturated heterocycles. The molecule has 68 heavy (non-hydrogen) atoms. The van der Waals surface area contributed by atoms with E-state index in [0.717, 1.165) is 50.4 Å². The van der Waals surface area contributed by atoms with Gasteiger partial charge in [-0.1, -0.05) is 200 Å². The second-order valence-electron chi connectivity index (χ2n) is 17.9. The van der Waals surface area contributed by atoms with Crippen LogP contribution in [0.5, 0.6) is 0 Å². The van der Waals surface area contributed by atoms with Gasteiger partial charge in [-0.15, -0.1) is 0 Å². The van der Waals surface area contributed by atoms with E-state index >= 15 is 0 Å². The zero-order chi connectivity index (χ0) is 44.8. The van der Waals surface area contributed by atoms with Gasteiger partial charge in [-0.3, -0.25) is 0 Å². The molecular weight excluding hydrogens is 841 g/mol. The van der Waals surface area contributed by atoms with Crippen LogP contribution < -0.4 is 30.5 Å². The Morgan fingerprint density at radius 3 is 1.41 bits per heavy atom. The van der Waals surface area contributed by atoms with Crippen molar-refractivity contribution in [1.82, 2.24) is 0 Å². The van der Waals surface area contributed by atoms with Crippen molar-refractivity contribution in [2.75, 3.05) is 9.80 Å². The van der Waals surface area contributed by atoms with Crippen LogP contribution in [0.4, 0.5) is 34.1 Å². The highest BCUT2D eigenvalue weighted by molar-refractivity contribution is 7.22. The minimum Gasteiger partial charge on any atom is -0.454 e. The first-order chi connectivity index (χ1) is 33.8. The van der Waals surface area contributed by atoms with Gasteiger partial charge in [0.1, 0.15) is 5.58 Å².